The normalized spacial score (nSPS) is 11.5. The standard InChI is InChI=1S/C14H15FN2O2S/c15-13-6-1-2-7-14(13)20(18,19)17-10-12-5-3-4-11(8-12)9-16/h1-8,17H,9-10,16H2. The fourth-order valence-corrected chi connectivity index (χ4v) is 2.88. The van der Waals surface area contributed by atoms with Crippen LogP contribution in [0.5, 0.6) is 0 Å². The van der Waals surface area contributed by atoms with Crippen LogP contribution < -0.4 is 10.5 Å². The summed E-state index contributed by atoms with van der Waals surface area (Å²) in [5.41, 5.74) is 7.20. The van der Waals surface area contributed by atoms with E-state index in [-0.39, 0.29) is 11.4 Å². The Balaban J connectivity index is 2.15. The molecule has 0 atom stereocenters. The van der Waals surface area contributed by atoms with Crippen molar-refractivity contribution in [2.24, 2.45) is 5.73 Å². The van der Waals surface area contributed by atoms with E-state index in [0.717, 1.165) is 17.2 Å². The molecule has 3 N–H and O–H groups in total. The molecule has 0 aliphatic rings. The monoisotopic (exact) mass is 294 g/mol. The van der Waals surface area contributed by atoms with Crippen molar-refractivity contribution in [3.05, 3.63) is 65.5 Å². The molecule has 6 heteroatoms. The van der Waals surface area contributed by atoms with Gasteiger partial charge in [0.15, 0.2) is 0 Å². The summed E-state index contributed by atoms with van der Waals surface area (Å²) in [5.74, 6) is -0.768. The Morgan fingerprint density at radius 3 is 2.45 bits per heavy atom. The zero-order chi connectivity index (χ0) is 14.6. The number of hydrogen-bond acceptors (Lipinski definition) is 3. The van der Waals surface area contributed by atoms with Crippen LogP contribution in [0.3, 0.4) is 0 Å². The zero-order valence-corrected chi connectivity index (χ0v) is 11.5. The smallest absolute Gasteiger partial charge is 0.243 e. The van der Waals surface area contributed by atoms with Crippen molar-refractivity contribution in [3.8, 4) is 0 Å². The van der Waals surface area contributed by atoms with E-state index < -0.39 is 15.8 Å². The number of hydrogen-bond donors (Lipinski definition) is 2. The van der Waals surface area contributed by atoms with Crippen molar-refractivity contribution < 1.29 is 12.8 Å². The van der Waals surface area contributed by atoms with E-state index in [0.29, 0.717) is 6.54 Å². The molecule has 2 aromatic rings. The number of rotatable bonds is 5. The summed E-state index contributed by atoms with van der Waals surface area (Å²) in [6.45, 7) is 0.471. The van der Waals surface area contributed by atoms with Gasteiger partial charge in [-0.2, -0.15) is 0 Å². The molecule has 0 aromatic heterocycles. The minimum atomic E-state index is -3.86. The minimum absolute atomic E-state index is 0.0878. The first-order valence-electron chi connectivity index (χ1n) is 6.05. The van der Waals surface area contributed by atoms with Gasteiger partial charge in [0.05, 0.1) is 0 Å². The van der Waals surface area contributed by atoms with Crippen LogP contribution in [0.1, 0.15) is 11.1 Å². The summed E-state index contributed by atoms with van der Waals surface area (Å²) >= 11 is 0. The quantitative estimate of drug-likeness (QED) is 0.882. The summed E-state index contributed by atoms with van der Waals surface area (Å²) in [6, 6.07) is 12.5. The highest BCUT2D eigenvalue weighted by Gasteiger charge is 2.17. The van der Waals surface area contributed by atoms with Crippen LogP contribution in [-0.2, 0) is 23.1 Å². The molecule has 0 aliphatic carbocycles. The van der Waals surface area contributed by atoms with Crippen molar-refractivity contribution in [2.45, 2.75) is 18.0 Å². The van der Waals surface area contributed by atoms with E-state index in [1.54, 1.807) is 12.1 Å². The van der Waals surface area contributed by atoms with Crippen molar-refractivity contribution in [1.82, 2.24) is 4.72 Å². The van der Waals surface area contributed by atoms with Crippen molar-refractivity contribution in [2.75, 3.05) is 0 Å². The molecule has 2 rings (SSSR count). The van der Waals surface area contributed by atoms with Crippen LogP contribution in [-0.4, -0.2) is 8.42 Å². The van der Waals surface area contributed by atoms with E-state index >= 15 is 0 Å². The highest BCUT2D eigenvalue weighted by molar-refractivity contribution is 7.89. The third-order valence-electron chi connectivity index (χ3n) is 2.82. The average molecular weight is 294 g/mol. The van der Waals surface area contributed by atoms with Gasteiger partial charge in [-0.3, -0.25) is 0 Å². The molecule has 0 heterocycles. The summed E-state index contributed by atoms with van der Waals surface area (Å²) < 4.78 is 39.9. The fourth-order valence-electron chi connectivity index (χ4n) is 1.79. The number of nitrogens with one attached hydrogen (secondary N) is 1. The molecule has 4 nitrogen and oxygen atoms in total. The number of nitrogens with two attached hydrogens (primary N) is 1. The van der Waals surface area contributed by atoms with Crippen LogP contribution in [0.25, 0.3) is 0 Å². The van der Waals surface area contributed by atoms with E-state index in [4.69, 9.17) is 5.73 Å². The largest absolute Gasteiger partial charge is 0.326 e. The molecule has 0 saturated carbocycles. The lowest BCUT2D eigenvalue weighted by molar-refractivity contribution is 0.557. The molecule has 0 saturated heterocycles. The summed E-state index contributed by atoms with van der Waals surface area (Å²) in [5, 5.41) is 0. The predicted octanol–water partition coefficient (Wildman–Crippen LogP) is 1.76. The van der Waals surface area contributed by atoms with Gasteiger partial charge in [-0.25, -0.2) is 17.5 Å². The van der Waals surface area contributed by atoms with Gasteiger partial charge in [-0.05, 0) is 23.3 Å². The first kappa shape index (κ1) is 14.6. The SMILES string of the molecule is NCc1cccc(CNS(=O)(=O)c2ccccc2F)c1. The maximum absolute atomic E-state index is 13.5. The summed E-state index contributed by atoms with van der Waals surface area (Å²) in [6.07, 6.45) is 0. The Kier molecular flexibility index (Phi) is 4.49. The van der Waals surface area contributed by atoms with Gasteiger partial charge in [0.2, 0.25) is 10.0 Å². The minimum Gasteiger partial charge on any atom is -0.326 e. The van der Waals surface area contributed by atoms with Gasteiger partial charge >= 0.3 is 0 Å². The van der Waals surface area contributed by atoms with Crippen LogP contribution in [0.4, 0.5) is 4.39 Å². The van der Waals surface area contributed by atoms with E-state index in [9.17, 15) is 12.8 Å². The molecule has 0 fully saturated rings. The second-order valence-electron chi connectivity index (χ2n) is 4.28. The molecule has 0 bridgehead atoms. The van der Waals surface area contributed by atoms with E-state index in [2.05, 4.69) is 4.72 Å². The highest BCUT2D eigenvalue weighted by atomic mass is 32.2. The molecular weight excluding hydrogens is 279 g/mol. The summed E-state index contributed by atoms with van der Waals surface area (Å²) in [4.78, 5) is -0.352. The number of benzene rings is 2. The molecule has 0 unspecified atom stereocenters. The second-order valence-corrected chi connectivity index (χ2v) is 6.01. The number of sulfonamides is 1. The lowest BCUT2D eigenvalue weighted by Gasteiger charge is -2.08. The topological polar surface area (TPSA) is 72.2 Å². The second kappa shape index (κ2) is 6.13. The van der Waals surface area contributed by atoms with Gasteiger partial charge in [-0.1, -0.05) is 36.4 Å². The van der Waals surface area contributed by atoms with Gasteiger partial charge in [-0.15, -0.1) is 0 Å². The average Bonchev–Trinajstić information content (AvgIpc) is 2.46. The van der Waals surface area contributed by atoms with Gasteiger partial charge in [0, 0.05) is 13.1 Å². The first-order valence-corrected chi connectivity index (χ1v) is 7.53. The summed E-state index contributed by atoms with van der Waals surface area (Å²) in [7, 11) is -3.86. The Morgan fingerprint density at radius 1 is 1.05 bits per heavy atom. The van der Waals surface area contributed by atoms with Crippen molar-refractivity contribution >= 4 is 10.0 Å². The Morgan fingerprint density at radius 2 is 1.75 bits per heavy atom. The molecule has 0 aliphatic heterocycles. The first-order chi connectivity index (χ1) is 9.53. The molecule has 0 spiro atoms. The van der Waals surface area contributed by atoms with Crippen LogP contribution >= 0.6 is 0 Å². The molecule has 106 valence electrons. The van der Waals surface area contributed by atoms with Gasteiger partial charge in [0.1, 0.15) is 10.7 Å². The molecular formula is C14H15FN2O2S. The third kappa shape index (κ3) is 3.41. The maximum Gasteiger partial charge on any atom is 0.243 e. The lowest BCUT2D eigenvalue weighted by atomic mass is 10.1. The van der Waals surface area contributed by atoms with E-state index in [1.807, 2.05) is 12.1 Å². The molecule has 0 amide bonds. The predicted molar refractivity (Wildman–Crippen MR) is 74.8 cm³/mol. The fraction of sp³-hybridized carbons (Fsp3) is 0.143. The maximum atomic E-state index is 13.5. The zero-order valence-electron chi connectivity index (χ0n) is 10.7. The van der Waals surface area contributed by atoms with Crippen LogP contribution in [0, 0.1) is 5.82 Å². The van der Waals surface area contributed by atoms with Crippen molar-refractivity contribution in [3.63, 3.8) is 0 Å². The Hall–Kier alpha value is -1.76. The molecule has 20 heavy (non-hydrogen) atoms. The van der Waals surface area contributed by atoms with Gasteiger partial charge in [0.25, 0.3) is 0 Å². The van der Waals surface area contributed by atoms with Crippen LogP contribution in [0.15, 0.2) is 53.4 Å². The molecule has 2 aromatic carbocycles. The third-order valence-corrected chi connectivity index (χ3v) is 4.25. The van der Waals surface area contributed by atoms with Gasteiger partial charge < -0.3 is 5.73 Å². The lowest BCUT2D eigenvalue weighted by Crippen LogP contribution is -2.24. The number of halogens is 1. The van der Waals surface area contributed by atoms with E-state index in [1.165, 1.54) is 18.2 Å². The Labute approximate surface area is 117 Å². The van der Waals surface area contributed by atoms with Crippen molar-refractivity contribution in [1.29, 1.82) is 0 Å². The molecule has 0 radical (unpaired) electrons. The Bertz CT molecular complexity index is 702. The highest BCUT2D eigenvalue weighted by Crippen LogP contribution is 2.14. The van der Waals surface area contributed by atoms with Crippen LogP contribution in [0.2, 0.25) is 0 Å².